The van der Waals surface area contributed by atoms with Crippen LogP contribution in [0.25, 0.3) is 0 Å². The zero-order valence-corrected chi connectivity index (χ0v) is 12.3. The SMILES string of the molecule is COc1cc2c(c(Oc3ccccc3OCC(=O)O)c1)OCO2. The molecule has 0 fully saturated rings. The van der Waals surface area contributed by atoms with Gasteiger partial charge >= 0.3 is 5.97 Å². The number of carbonyl (C=O) groups is 1. The first kappa shape index (κ1) is 14.8. The monoisotopic (exact) mass is 318 g/mol. The van der Waals surface area contributed by atoms with Crippen LogP contribution in [-0.2, 0) is 4.79 Å². The highest BCUT2D eigenvalue weighted by Crippen LogP contribution is 2.46. The summed E-state index contributed by atoms with van der Waals surface area (Å²) in [6.45, 7) is -0.369. The normalized spacial score (nSPS) is 11.9. The van der Waals surface area contributed by atoms with Crippen LogP contribution in [0.3, 0.4) is 0 Å². The van der Waals surface area contributed by atoms with Gasteiger partial charge in [-0.1, -0.05) is 12.1 Å². The molecular weight excluding hydrogens is 304 g/mol. The predicted molar refractivity (Wildman–Crippen MR) is 78.8 cm³/mol. The number of fused-ring (bicyclic) bond motifs is 1. The van der Waals surface area contributed by atoms with E-state index in [-0.39, 0.29) is 6.79 Å². The van der Waals surface area contributed by atoms with Gasteiger partial charge in [0, 0.05) is 12.1 Å². The second-order valence-electron chi connectivity index (χ2n) is 4.59. The van der Waals surface area contributed by atoms with Crippen LogP contribution in [-0.4, -0.2) is 31.6 Å². The molecule has 2 aromatic rings. The number of methoxy groups -OCH3 is 1. The van der Waals surface area contributed by atoms with Gasteiger partial charge in [0.25, 0.3) is 0 Å². The van der Waals surface area contributed by atoms with Crippen LogP contribution >= 0.6 is 0 Å². The van der Waals surface area contributed by atoms with E-state index in [1.807, 2.05) is 0 Å². The molecule has 120 valence electrons. The fraction of sp³-hybridized carbons (Fsp3) is 0.188. The smallest absolute Gasteiger partial charge is 0.341 e. The number of carboxylic acid groups (broad SMARTS) is 1. The van der Waals surface area contributed by atoms with Crippen LogP contribution in [0.15, 0.2) is 36.4 Å². The fourth-order valence-corrected chi connectivity index (χ4v) is 2.06. The van der Waals surface area contributed by atoms with Crippen LogP contribution in [0.1, 0.15) is 0 Å². The summed E-state index contributed by atoms with van der Waals surface area (Å²) in [5, 5.41) is 8.73. The summed E-state index contributed by atoms with van der Waals surface area (Å²) >= 11 is 0. The first-order valence-corrected chi connectivity index (χ1v) is 6.76. The quantitative estimate of drug-likeness (QED) is 0.876. The van der Waals surface area contributed by atoms with Crippen molar-refractivity contribution in [1.82, 2.24) is 0 Å². The molecule has 3 rings (SSSR count). The van der Waals surface area contributed by atoms with Crippen molar-refractivity contribution in [3.63, 3.8) is 0 Å². The third-order valence-corrected chi connectivity index (χ3v) is 3.07. The van der Waals surface area contributed by atoms with Crippen molar-refractivity contribution in [2.24, 2.45) is 0 Å². The number of para-hydroxylation sites is 2. The van der Waals surface area contributed by atoms with Crippen molar-refractivity contribution in [2.75, 3.05) is 20.5 Å². The number of rotatable bonds is 6. The lowest BCUT2D eigenvalue weighted by molar-refractivity contribution is -0.139. The molecule has 0 radical (unpaired) electrons. The average Bonchev–Trinajstić information content (AvgIpc) is 3.02. The van der Waals surface area contributed by atoms with Crippen LogP contribution in [0, 0.1) is 0 Å². The Bertz CT molecular complexity index is 726. The van der Waals surface area contributed by atoms with Gasteiger partial charge in [-0.2, -0.15) is 0 Å². The molecule has 1 N–H and O–H groups in total. The standard InChI is InChI=1S/C16H14O7/c1-19-10-6-13-16(22-9-21-13)14(7-10)23-12-5-3-2-4-11(12)20-8-15(17)18/h2-7H,8-9H2,1H3,(H,17,18). The molecule has 7 nitrogen and oxygen atoms in total. The molecule has 0 saturated heterocycles. The molecule has 1 aliphatic rings. The van der Waals surface area contributed by atoms with Crippen molar-refractivity contribution in [3.8, 4) is 34.5 Å². The molecular formula is C16H14O7. The zero-order valence-electron chi connectivity index (χ0n) is 12.3. The molecule has 1 heterocycles. The Labute approximate surface area is 131 Å². The van der Waals surface area contributed by atoms with Crippen LogP contribution in [0.2, 0.25) is 0 Å². The van der Waals surface area contributed by atoms with E-state index < -0.39 is 12.6 Å². The Morgan fingerprint density at radius 2 is 1.96 bits per heavy atom. The topological polar surface area (TPSA) is 83.5 Å². The minimum atomic E-state index is -1.07. The molecule has 0 atom stereocenters. The molecule has 0 aromatic heterocycles. The Balaban J connectivity index is 1.91. The van der Waals surface area contributed by atoms with Gasteiger partial charge < -0.3 is 28.8 Å². The molecule has 2 aromatic carbocycles. The average molecular weight is 318 g/mol. The lowest BCUT2D eigenvalue weighted by atomic mass is 10.2. The summed E-state index contributed by atoms with van der Waals surface area (Å²) in [6, 6.07) is 10.1. The number of hydrogen-bond donors (Lipinski definition) is 1. The van der Waals surface area contributed by atoms with Gasteiger partial charge in [0.15, 0.2) is 29.6 Å². The van der Waals surface area contributed by atoms with E-state index in [0.29, 0.717) is 34.5 Å². The van der Waals surface area contributed by atoms with Gasteiger partial charge in [-0.15, -0.1) is 0 Å². The van der Waals surface area contributed by atoms with Gasteiger partial charge in [-0.3, -0.25) is 0 Å². The molecule has 0 spiro atoms. The van der Waals surface area contributed by atoms with E-state index in [0.717, 1.165) is 0 Å². The van der Waals surface area contributed by atoms with E-state index in [1.165, 1.54) is 7.11 Å². The molecule has 7 heteroatoms. The Hall–Kier alpha value is -3.09. The fourth-order valence-electron chi connectivity index (χ4n) is 2.06. The second kappa shape index (κ2) is 6.35. The summed E-state index contributed by atoms with van der Waals surface area (Å²) in [5.41, 5.74) is 0. The summed E-state index contributed by atoms with van der Waals surface area (Å²) in [5.74, 6) is 1.52. The lowest BCUT2D eigenvalue weighted by Gasteiger charge is -2.13. The van der Waals surface area contributed by atoms with Crippen molar-refractivity contribution in [1.29, 1.82) is 0 Å². The molecule has 1 aliphatic heterocycles. The number of hydrogen-bond acceptors (Lipinski definition) is 6. The first-order valence-electron chi connectivity index (χ1n) is 6.76. The molecule has 0 amide bonds. The van der Waals surface area contributed by atoms with Gasteiger partial charge in [-0.05, 0) is 12.1 Å². The third-order valence-electron chi connectivity index (χ3n) is 3.07. The Kier molecular flexibility index (Phi) is 4.09. The van der Waals surface area contributed by atoms with Gasteiger partial charge in [0.1, 0.15) is 5.75 Å². The highest BCUT2D eigenvalue weighted by molar-refractivity contribution is 5.68. The highest BCUT2D eigenvalue weighted by atomic mass is 16.7. The molecule has 23 heavy (non-hydrogen) atoms. The maximum atomic E-state index is 10.7. The van der Waals surface area contributed by atoms with E-state index in [1.54, 1.807) is 36.4 Å². The van der Waals surface area contributed by atoms with Crippen LogP contribution < -0.4 is 23.7 Å². The third kappa shape index (κ3) is 3.23. The van der Waals surface area contributed by atoms with E-state index in [2.05, 4.69) is 0 Å². The van der Waals surface area contributed by atoms with Crippen molar-refractivity contribution in [3.05, 3.63) is 36.4 Å². The lowest BCUT2D eigenvalue weighted by Crippen LogP contribution is -2.09. The number of aliphatic carboxylic acids is 1. The predicted octanol–water partition coefficient (Wildman–Crippen LogP) is 2.68. The minimum Gasteiger partial charge on any atom is -0.496 e. The summed E-state index contributed by atoms with van der Waals surface area (Å²) in [4.78, 5) is 10.7. The second-order valence-corrected chi connectivity index (χ2v) is 4.59. The van der Waals surface area contributed by atoms with E-state index >= 15 is 0 Å². The highest BCUT2D eigenvalue weighted by Gasteiger charge is 2.22. The van der Waals surface area contributed by atoms with Gasteiger partial charge in [0.2, 0.25) is 12.5 Å². The summed E-state index contributed by atoms with van der Waals surface area (Å²) < 4.78 is 27.0. The van der Waals surface area contributed by atoms with Crippen molar-refractivity contribution >= 4 is 5.97 Å². The number of ether oxygens (including phenoxy) is 5. The summed E-state index contributed by atoms with van der Waals surface area (Å²) in [7, 11) is 1.53. The molecule has 0 saturated carbocycles. The van der Waals surface area contributed by atoms with Gasteiger partial charge in [-0.25, -0.2) is 4.79 Å². The largest absolute Gasteiger partial charge is 0.496 e. The Morgan fingerprint density at radius 3 is 2.70 bits per heavy atom. The summed E-state index contributed by atoms with van der Waals surface area (Å²) in [6.07, 6.45) is 0. The van der Waals surface area contributed by atoms with Crippen molar-refractivity contribution in [2.45, 2.75) is 0 Å². The Morgan fingerprint density at radius 1 is 1.17 bits per heavy atom. The molecule has 0 unspecified atom stereocenters. The molecule has 0 bridgehead atoms. The van der Waals surface area contributed by atoms with Gasteiger partial charge in [0.05, 0.1) is 7.11 Å². The van der Waals surface area contributed by atoms with E-state index in [9.17, 15) is 4.79 Å². The van der Waals surface area contributed by atoms with Crippen LogP contribution in [0.5, 0.6) is 34.5 Å². The minimum absolute atomic E-state index is 0.0933. The number of benzene rings is 2. The van der Waals surface area contributed by atoms with Crippen molar-refractivity contribution < 1.29 is 33.6 Å². The maximum Gasteiger partial charge on any atom is 0.341 e. The maximum absolute atomic E-state index is 10.7. The first-order chi connectivity index (χ1) is 11.2. The zero-order chi connectivity index (χ0) is 16.2. The van der Waals surface area contributed by atoms with E-state index in [4.69, 9.17) is 28.8 Å². The van der Waals surface area contributed by atoms with Crippen LogP contribution in [0.4, 0.5) is 0 Å². The number of carboxylic acids is 1. The molecule has 0 aliphatic carbocycles.